The Morgan fingerprint density at radius 1 is 0.880 bits per heavy atom. The second kappa shape index (κ2) is 12.4. The molecule has 2 nitrogen and oxygen atoms in total. The van der Waals surface area contributed by atoms with Crippen molar-refractivity contribution in [3.8, 4) is 0 Å². The lowest BCUT2D eigenvalue weighted by Crippen LogP contribution is -2.40. The first-order valence-electron chi connectivity index (χ1n) is 10.6. The lowest BCUT2D eigenvalue weighted by atomic mass is 9.92. The van der Waals surface area contributed by atoms with Crippen LogP contribution in [-0.4, -0.2) is 18.1 Å². The third-order valence-corrected chi connectivity index (χ3v) is 5.30. The number of anilines is 1. The Morgan fingerprint density at radius 3 is 2.16 bits per heavy atom. The van der Waals surface area contributed by atoms with Gasteiger partial charge in [-0.05, 0) is 57.6 Å². The SMILES string of the molecule is CCCC(CC)CC(C)NC(CCC)CC(C)Nc1ccccc1C. The summed E-state index contributed by atoms with van der Waals surface area (Å²) in [6.07, 6.45) is 8.97. The van der Waals surface area contributed by atoms with Crippen molar-refractivity contribution in [1.29, 1.82) is 0 Å². The highest BCUT2D eigenvalue weighted by molar-refractivity contribution is 5.50. The smallest absolute Gasteiger partial charge is 0.0371 e. The van der Waals surface area contributed by atoms with Gasteiger partial charge in [-0.15, -0.1) is 0 Å². The van der Waals surface area contributed by atoms with Gasteiger partial charge in [0, 0.05) is 23.8 Å². The van der Waals surface area contributed by atoms with E-state index in [1.165, 1.54) is 56.2 Å². The lowest BCUT2D eigenvalue weighted by Gasteiger charge is -2.28. The predicted molar refractivity (Wildman–Crippen MR) is 113 cm³/mol. The standard InChI is InChI=1S/C23H42N2/c1-7-12-21(9-3)16-19(5)24-22(13-8-2)17-20(6)25-23-15-11-10-14-18(23)4/h10-11,14-15,19-22,24-25H,7-9,12-13,16-17H2,1-6H3. The molecule has 0 bridgehead atoms. The second-order valence-electron chi connectivity index (χ2n) is 7.95. The van der Waals surface area contributed by atoms with Gasteiger partial charge in [0.2, 0.25) is 0 Å². The number of nitrogens with one attached hydrogen (secondary N) is 2. The van der Waals surface area contributed by atoms with Gasteiger partial charge < -0.3 is 10.6 Å². The summed E-state index contributed by atoms with van der Waals surface area (Å²) in [6.45, 7) is 13.8. The van der Waals surface area contributed by atoms with Crippen LogP contribution in [0.15, 0.2) is 24.3 Å². The molecule has 0 spiro atoms. The van der Waals surface area contributed by atoms with Gasteiger partial charge in [0.1, 0.15) is 0 Å². The Hall–Kier alpha value is -1.02. The first-order valence-corrected chi connectivity index (χ1v) is 10.6. The van der Waals surface area contributed by atoms with Crippen molar-refractivity contribution in [3.63, 3.8) is 0 Å². The summed E-state index contributed by atoms with van der Waals surface area (Å²) in [4.78, 5) is 0. The molecular weight excluding hydrogens is 304 g/mol. The number of benzene rings is 1. The van der Waals surface area contributed by atoms with Crippen LogP contribution in [0.4, 0.5) is 5.69 Å². The van der Waals surface area contributed by atoms with Crippen LogP contribution in [-0.2, 0) is 0 Å². The van der Waals surface area contributed by atoms with Crippen LogP contribution in [0.25, 0.3) is 0 Å². The zero-order chi connectivity index (χ0) is 18.7. The summed E-state index contributed by atoms with van der Waals surface area (Å²) in [6, 6.07) is 10.3. The van der Waals surface area contributed by atoms with E-state index in [-0.39, 0.29) is 0 Å². The second-order valence-corrected chi connectivity index (χ2v) is 7.95. The van der Waals surface area contributed by atoms with Crippen molar-refractivity contribution in [2.75, 3.05) is 5.32 Å². The molecule has 25 heavy (non-hydrogen) atoms. The topological polar surface area (TPSA) is 24.1 Å². The average molecular weight is 347 g/mol. The maximum absolute atomic E-state index is 3.93. The van der Waals surface area contributed by atoms with E-state index in [1.807, 2.05) is 0 Å². The van der Waals surface area contributed by atoms with E-state index in [2.05, 4.69) is 76.4 Å². The Kier molecular flexibility index (Phi) is 10.9. The number of hydrogen-bond acceptors (Lipinski definition) is 2. The summed E-state index contributed by atoms with van der Waals surface area (Å²) in [7, 11) is 0. The summed E-state index contributed by atoms with van der Waals surface area (Å²) < 4.78 is 0. The molecule has 4 atom stereocenters. The number of rotatable bonds is 13. The van der Waals surface area contributed by atoms with Crippen molar-refractivity contribution in [2.24, 2.45) is 5.92 Å². The molecule has 1 aromatic rings. The van der Waals surface area contributed by atoms with Crippen LogP contribution >= 0.6 is 0 Å². The minimum Gasteiger partial charge on any atom is -0.382 e. The molecule has 144 valence electrons. The van der Waals surface area contributed by atoms with Gasteiger partial charge in [-0.1, -0.05) is 64.7 Å². The first-order chi connectivity index (χ1) is 12.0. The fourth-order valence-corrected chi connectivity index (χ4v) is 3.97. The van der Waals surface area contributed by atoms with Crippen LogP contribution in [0.1, 0.15) is 85.1 Å². The van der Waals surface area contributed by atoms with E-state index in [1.54, 1.807) is 0 Å². The normalized spacial score (nSPS) is 16.2. The highest BCUT2D eigenvalue weighted by atomic mass is 15.0. The zero-order valence-electron chi connectivity index (χ0n) is 17.6. The van der Waals surface area contributed by atoms with Gasteiger partial charge in [0.15, 0.2) is 0 Å². The molecule has 0 aromatic heterocycles. The largest absolute Gasteiger partial charge is 0.382 e. The monoisotopic (exact) mass is 346 g/mol. The van der Waals surface area contributed by atoms with Crippen LogP contribution in [0, 0.1) is 12.8 Å². The molecule has 2 N–H and O–H groups in total. The van der Waals surface area contributed by atoms with E-state index in [0.717, 1.165) is 5.92 Å². The number of para-hydroxylation sites is 1. The summed E-state index contributed by atoms with van der Waals surface area (Å²) in [5, 5.41) is 7.64. The van der Waals surface area contributed by atoms with Gasteiger partial charge in [-0.25, -0.2) is 0 Å². The average Bonchev–Trinajstić information content (AvgIpc) is 2.56. The van der Waals surface area contributed by atoms with E-state index in [4.69, 9.17) is 0 Å². The van der Waals surface area contributed by atoms with Crippen molar-refractivity contribution >= 4 is 5.69 Å². The summed E-state index contributed by atoms with van der Waals surface area (Å²) in [5.41, 5.74) is 2.60. The van der Waals surface area contributed by atoms with Crippen LogP contribution in [0.5, 0.6) is 0 Å². The molecule has 0 saturated carbocycles. The van der Waals surface area contributed by atoms with Crippen molar-refractivity contribution in [3.05, 3.63) is 29.8 Å². The van der Waals surface area contributed by atoms with Gasteiger partial charge in [-0.3, -0.25) is 0 Å². The Balaban J connectivity index is 2.53. The predicted octanol–water partition coefficient (Wildman–Crippen LogP) is 6.55. The quantitative estimate of drug-likeness (QED) is 0.423. The molecule has 0 saturated heterocycles. The highest BCUT2D eigenvalue weighted by Crippen LogP contribution is 2.20. The van der Waals surface area contributed by atoms with Crippen LogP contribution in [0.3, 0.4) is 0 Å². The molecule has 0 aliphatic heterocycles. The summed E-state index contributed by atoms with van der Waals surface area (Å²) in [5.74, 6) is 0.872. The third-order valence-electron chi connectivity index (χ3n) is 5.30. The van der Waals surface area contributed by atoms with Crippen molar-refractivity contribution in [1.82, 2.24) is 5.32 Å². The molecule has 1 aromatic carbocycles. The number of aryl methyl sites for hydroxylation is 1. The lowest BCUT2D eigenvalue weighted by molar-refractivity contribution is 0.321. The molecule has 0 aliphatic rings. The van der Waals surface area contributed by atoms with Gasteiger partial charge >= 0.3 is 0 Å². The minimum atomic E-state index is 0.481. The molecule has 0 amide bonds. The zero-order valence-corrected chi connectivity index (χ0v) is 17.6. The van der Waals surface area contributed by atoms with Gasteiger partial charge in [0.05, 0.1) is 0 Å². The maximum atomic E-state index is 3.93. The van der Waals surface area contributed by atoms with Crippen LogP contribution in [0.2, 0.25) is 0 Å². The van der Waals surface area contributed by atoms with E-state index in [9.17, 15) is 0 Å². The van der Waals surface area contributed by atoms with Gasteiger partial charge in [0.25, 0.3) is 0 Å². The molecule has 0 heterocycles. The first kappa shape index (κ1) is 22.0. The Morgan fingerprint density at radius 2 is 1.56 bits per heavy atom. The maximum Gasteiger partial charge on any atom is 0.0371 e. The molecular formula is C23H42N2. The third kappa shape index (κ3) is 8.76. The Bertz CT molecular complexity index is 457. The highest BCUT2D eigenvalue weighted by Gasteiger charge is 2.17. The van der Waals surface area contributed by atoms with Crippen LogP contribution < -0.4 is 10.6 Å². The molecule has 4 unspecified atom stereocenters. The molecule has 0 fully saturated rings. The summed E-state index contributed by atoms with van der Waals surface area (Å²) >= 11 is 0. The van der Waals surface area contributed by atoms with Gasteiger partial charge in [-0.2, -0.15) is 0 Å². The fraction of sp³-hybridized carbons (Fsp3) is 0.739. The molecule has 1 rings (SSSR count). The number of hydrogen-bond donors (Lipinski definition) is 2. The molecule has 2 heteroatoms. The molecule has 0 aliphatic carbocycles. The Labute approximate surface area is 157 Å². The van der Waals surface area contributed by atoms with E-state index < -0.39 is 0 Å². The van der Waals surface area contributed by atoms with Crippen molar-refractivity contribution < 1.29 is 0 Å². The van der Waals surface area contributed by atoms with E-state index in [0.29, 0.717) is 18.1 Å². The van der Waals surface area contributed by atoms with Crippen molar-refractivity contribution in [2.45, 2.75) is 105 Å². The fourth-order valence-electron chi connectivity index (χ4n) is 3.97. The minimum absolute atomic E-state index is 0.481. The molecule has 0 radical (unpaired) electrons. The van der Waals surface area contributed by atoms with E-state index >= 15 is 0 Å².